The van der Waals surface area contributed by atoms with E-state index >= 15 is 0 Å². The largest absolute Gasteiger partial charge is 0.439 e. The van der Waals surface area contributed by atoms with Gasteiger partial charge in [0.1, 0.15) is 5.75 Å². The van der Waals surface area contributed by atoms with Crippen molar-refractivity contribution in [2.24, 2.45) is 0 Å². The van der Waals surface area contributed by atoms with Gasteiger partial charge < -0.3 is 9.64 Å². The minimum Gasteiger partial charge on any atom is -0.439 e. The predicted molar refractivity (Wildman–Crippen MR) is 97.4 cm³/mol. The number of carbonyl (C=O) groups excluding carboxylic acids is 1. The van der Waals surface area contributed by atoms with Crippen molar-refractivity contribution in [3.63, 3.8) is 0 Å². The van der Waals surface area contributed by atoms with E-state index in [1.54, 1.807) is 59.8 Å². The number of rotatable bonds is 5. The lowest BCUT2D eigenvalue weighted by molar-refractivity contribution is 0.0988. The van der Waals surface area contributed by atoms with Gasteiger partial charge in [-0.15, -0.1) is 0 Å². The summed E-state index contributed by atoms with van der Waals surface area (Å²) >= 11 is 5.85. The zero-order valence-corrected chi connectivity index (χ0v) is 14.3. The van der Waals surface area contributed by atoms with Gasteiger partial charge in [0.05, 0.1) is 17.4 Å². The van der Waals surface area contributed by atoms with E-state index in [0.717, 1.165) is 5.69 Å². The van der Waals surface area contributed by atoms with Gasteiger partial charge in [0.25, 0.3) is 5.91 Å². The van der Waals surface area contributed by atoms with E-state index in [9.17, 15) is 4.79 Å². The summed E-state index contributed by atoms with van der Waals surface area (Å²) in [5.41, 5.74) is 1.23. The Morgan fingerprint density at radius 2 is 1.92 bits per heavy atom. The molecular formula is C19H16ClN3O2. The number of amides is 1. The molecule has 25 heavy (non-hydrogen) atoms. The summed E-state index contributed by atoms with van der Waals surface area (Å²) in [6.45, 7) is 2.45. The highest BCUT2D eigenvalue weighted by Gasteiger charge is 2.16. The Kier molecular flexibility index (Phi) is 5.26. The minimum atomic E-state index is -0.138. The molecule has 1 aromatic carbocycles. The maximum absolute atomic E-state index is 12.7. The zero-order valence-electron chi connectivity index (χ0n) is 13.6. The first-order valence-electron chi connectivity index (χ1n) is 7.78. The van der Waals surface area contributed by atoms with Crippen molar-refractivity contribution in [1.82, 2.24) is 9.97 Å². The summed E-state index contributed by atoms with van der Waals surface area (Å²) in [5, 5.41) is 0.635. The maximum Gasteiger partial charge on any atom is 0.259 e. The molecule has 0 N–H and O–H groups in total. The molecule has 0 saturated heterocycles. The number of anilines is 1. The zero-order chi connectivity index (χ0) is 17.6. The van der Waals surface area contributed by atoms with Crippen LogP contribution in [0.2, 0.25) is 5.02 Å². The number of pyridine rings is 2. The van der Waals surface area contributed by atoms with Crippen molar-refractivity contribution in [1.29, 1.82) is 0 Å². The summed E-state index contributed by atoms with van der Waals surface area (Å²) < 4.78 is 5.63. The number of hydrogen-bond donors (Lipinski definition) is 0. The first kappa shape index (κ1) is 16.9. The van der Waals surface area contributed by atoms with Crippen LogP contribution in [0.4, 0.5) is 5.69 Å². The summed E-state index contributed by atoms with van der Waals surface area (Å²) in [6, 6.07) is 14.0. The minimum absolute atomic E-state index is 0.138. The third kappa shape index (κ3) is 4.14. The van der Waals surface area contributed by atoms with Gasteiger partial charge in [0.2, 0.25) is 5.88 Å². The van der Waals surface area contributed by atoms with Gasteiger partial charge in [-0.05, 0) is 49.4 Å². The van der Waals surface area contributed by atoms with E-state index in [4.69, 9.17) is 16.3 Å². The molecule has 0 radical (unpaired) electrons. The quantitative estimate of drug-likeness (QED) is 0.673. The van der Waals surface area contributed by atoms with Crippen molar-refractivity contribution in [2.45, 2.75) is 6.92 Å². The van der Waals surface area contributed by atoms with Crippen molar-refractivity contribution in [3.05, 3.63) is 77.7 Å². The maximum atomic E-state index is 12.7. The molecular weight excluding hydrogens is 338 g/mol. The molecule has 3 rings (SSSR count). The molecule has 0 saturated carbocycles. The van der Waals surface area contributed by atoms with Gasteiger partial charge in [0.15, 0.2) is 0 Å². The highest BCUT2D eigenvalue weighted by atomic mass is 35.5. The van der Waals surface area contributed by atoms with Crippen LogP contribution in [0.5, 0.6) is 11.6 Å². The predicted octanol–water partition coefficient (Wildman–Crippen LogP) is 4.59. The summed E-state index contributed by atoms with van der Waals surface area (Å²) in [5.74, 6) is 0.894. The second kappa shape index (κ2) is 7.77. The second-order valence-electron chi connectivity index (χ2n) is 5.20. The molecule has 0 unspecified atom stereocenters. The fourth-order valence-electron chi connectivity index (χ4n) is 2.30. The molecule has 0 aliphatic carbocycles. The molecule has 1 amide bonds. The molecule has 0 fully saturated rings. The van der Waals surface area contributed by atoms with Crippen molar-refractivity contribution in [2.75, 3.05) is 11.4 Å². The SMILES string of the molecule is CCN(C(=O)c1ccc(Oc2ccc(Cl)cc2)nc1)c1cccnc1. The molecule has 2 heterocycles. The fourth-order valence-corrected chi connectivity index (χ4v) is 2.43. The van der Waals surface area contributed by atoms with Crippen LogP contribution in [-0.2, 0) is 0 Å². The number of carbonyl (C=O) groups is 1. The first-order chi connectivity index (χ1) is 12.2. The van der Waals surface area contributed by atoms with Crippen LogP contribution < -0.4 is 9.64 Å². The van der Waals surface area contributed by atoms with Gasteiger partial charge in [-0.3, -0.25) is 9.78 Å². The highest BCUT2D eigenvalue weighted by molar-refractivity contribution is 6.30. The van der Waals surface area contributed by atoms with Gasteiger partial charge >= 0.3 is 0 Å². The number of ether oxygens (including phenoxy) is 1. The van der Waals surface area contributed by atoms with E-state index in [1.165, 1.54) is 6.20 Å². The van der Waals surface area contributed by atoms with Crippen LogP contribution >= 0.6 is 11.6 Å². The van der Waals surface area contributed by atoms with Gasteiger partial charge in [-0.1, -0.05) is 11.6 Å². The number of nitrogens with zero attached hydrogens (tertiary/aromatic N) is 3. The van der Waals surface area contributed by atoms with Crippen LogP contribution in [0.15, 0.2) is 67.1 Å². The average molecular weight is 354 g/mol. The average Bonchev–Trinajstić information content (AvgIpc) is 2.66. The van der Waals surface area contributed by atoms with Gasteiger partial charge in [-0.25, -0.2) is 4.98 Å². The Balaban J connectivity index is 1.74. The number of halogens is 1. The lowest BCUT2D eigenvalue weighted by atomic mass is 10.2. The van der Waals surface area contributed by atoms with E-state index in [1.807, 2.05) is 13.0 Å². The van der Waals surface area contributed by atoms with Crippen molar-refractivity contribution in [3.8, 4) is 11.6 Å². The molecule has 126 valence electrons. The van der Waals surface area contributed by atoms with Crippen LogP contribution in [0, 0.1) is 0 Å². The fraction of sp³-hybridized carbons (Fsp3) is 0.105. The Morgan fingerprint density at radius 3 is 2.52 bits per heavy atom. The Hall–Kier alpha value is -2.92. The first-order valence-corrected chi connectivity index (χ1v) is 8.16. The number of benzene rings is 1. The Bertz CT molecular complexity index is 837. The lowest BCUT2D eigenvalue weighted by Crippen LogP contribution is -2.30. The number of aromatic nitrogens is 2. The topological polar surface area (TPSA) is 55.3 Å². The lowest BCUT2D eigenvalue weighted by Gasteiger charge is -2.20. The second-order valence-corrected chi connectivity index (χ2v) is 5.64. The highest BCUT2D eigenvalue weighted by Crippen LogP contribution is 2.22. The molecule has 5 nitrogen and oxygen atoms in total. The third-order valence-electron chi connectivity index (χ3n) is 3.54. The van der Waals surface area contributed by atoms with Gasteiger partial charge in [0, 0.05) is 30.0 Å². The van der Waals surface area contributed by atoms with Crippen LogP contribution in [0.3, 0.4) is 0 Å². The summed E-state index contributed by atoms with van der Waals surface area (Å²) in [4.78, 5) is 22.6. The third-order valence-corrected chi connectivity index (χ3v) is 3.79. The van der Waals surface area contributed by atoms with E-state index in [0.29, 0.717) is 28.8 Å². The molecule has 0 spiro atoms. The van der Waals surface area contributed by atoms with E-state index in [-0.39, 0.29) is 5.91 Å². The smallest absolute Gasteiger partial charge is 0.259 e. The Morgan fingerprint density at radius 1 is 1.12 bits per heavy atom. The molecule has 0 bridgehead atoms. The Labute approximate surface area is 150 Å². The molecule has 0 aliphatic heterocycles. The van der Waals surface area contributed by atoms with Crippen molar-refractivity contribution >= 4 is 23.2 Å². The van der Waals surface area contributed by atoms with Crippen LogP contribution in [0.25, 0.3) is 0 Å². The number of hydrogen-bond acceptors (Lipinski definition) is 4. The van der Waals surface area contributed by atoms with E-state index < -0.39 is 0 Å². The summed E-state index contributed by atoms with van der Waals surface area (Å²) in [6.07, 6.45) is 4.84. The van der Waals surface area contributed by atoms with Crippen LogP contribution in [0.1, 0.15) is 17.3 Å². The molecule has 6 heteroatoms. The normalized spacial score (nSPS) is 10.3. The molecule has 0 aliphatic rings. The monoisotopic (exact) mass is 353 g/mol. The standard InChI is InChI=1S/C19H16ClN3O2/c1-2-23(16-4-3-11-21-13-16)19(24)14-5-10-18(22-12-14)25-17-8-6-15(20)7-9-17/h3-13H,2H2,1H3. The van der Waals surface area contributed by atoms with Crippen molar-refractivity contribution < 1.29 is 9.53 Å². The molecule has 3 aromatic rings. The van der Waals surface area contributed by atoms with Gasteiger partial charge in [-0.2, -0.15) is 0 Å². The molecule has 0 atom stereocenters. The van der Waals surface area contributed by atoms with E-state index in [2.05, 4.69) is 9.97 Å². The summed E-state index contributed by atoms with van der Waals surface area (Å²) in [7, 11) is 0. The van der Waals surface area contributed by atoms with Crippen LogP contribution in [-0.4, -0.2) is 22.4 Å². The molecule has 2 aromatic heterocycles.